The number of anilines is 1. The van der Waals surface area contributed by atoms with Crippen LogP contribution in [0.1, 0.15) is 55.7 Å². The molecule has 0 aliphatic carbocycles. The van der Waals surface area contributed by atoms with Crippen LogP contribution in [0.2, 0.25) is 0 Å². The minimum absolute atomic E-state index is 0.136. The third-order valence-electron chi connectivity index (χ3n) is 7.62. The molecule has 204 valence electrons. The summed E-state index contributed by atoms with van der Waals surface area (Å²) in [5.41, 5.74) is 4.53. The van der Waals surface area contributed by atoms with E-state index < -0.39 is 17.8 Å². The number of halogens is 3. The van der Waals surface area contributed by atoms with E-state index >= 15 is 4.39 Å². The standard InChI is InChI=1S/C28H34F3N5O2/c1-16(2)24-18(14-36-9-7-28(30,31)8-10-36)12-32-22-5-4-19(17(3)25(22)24)26-20(29)13-33-27(35-26)34-21-6-11-38-15-23(21)37/h4-5,12-13,16,21,23,37H,6-11,14-15H2,1-3H3,(H,33,34,35)/t21-,23-/m1/s1. The van der Waals surface area contributed by atoms with Gasteiger partial charge in [-0.2, -0.15) is 0 Å². The maximum Gasteiger partial charge on any atom is 0.250 e. The van der Waals surface area contributed by atoms with Gasteiger partial charge in [-0.15, -0.1) is 0 Å². The van der Waals surface area contributed by atoms with Crippen molar-refractivity contribution in [2.45, 2.75) is 70.6 Å². The van der Waals surface area contributed by atoms with Crippen LogP contribution >= 0.6 is 0 Å². The maximum absolute atomic E-state index is 15.1. The predicted octanol–water partition coefficient (Wildman–Crippen LogP) is 5.06. The lowest BCUT2D eigenvalue weighted by molar-refractivity contribution is -0.0567. The van der Waals surface area contributed by atoms with Crippen molar-refractivity contribution in [2.75, 3.05) is 31.6 Å². The van der Waals surface area contributed by atoms with E-state index in [1.165, 1.54) is 0 Å². The summed E-state index contributed by atoms with van der Waals surface area (Å²) >= 11 is 0. The van der Waals surface area contributed by atoms with E-state index in [0.717, 1.165) is 33.8 Å². The highest BCUT2D eigenvalue weighted by atomic mass is 19.3. The summed E-state index contributed by atoms with van der Waals surface area (Å²) in [5, 5.41) is 14.3. The molecule has 5 rings (SSSR count). The van der Waals surface area contributed by atoms with Crippen molar-refractivity contribution in [3.05, 3.63) is 47.0 Å². The molecular weight excluding hydrogens is 495 g/mol. The number of aliphatic hydroxyl groups excluding tert-OH is 1. The molecule has 2 fully saturated rings. The lowest BCUT2D eigenvalue weighted by Crippen LogP contribution is -2.42. The molecular formula is C28H34F3N5O2. The number of hydrogen-bond donors (Lipinski definition) is 2. The number of rotatable bonds is 6. The second-order valence-corrected chi connectivity index (χ2v) is 10.7. The second kappa shape index (κ2) is 10.7. The highest BCUT2D eigenvalue weighted by molar-refractivity contribution is 5.92. The fraction of sp³-hybridized carbons (Fsp3) is 0.536. The number of fused-ring (bicyclic) bond motifs is 1. The topological polar surface area (TPSA) is 83.4 Å². The third kappa shape index (κ3) is 5.48. The number of pyridine rings is 1. The second-order valence-electron chi connectivity index (χ2n) is 10.7. The number of nitrogens with zero attached hydrogens (tertiary/aromatic N) is 4. The molecule has 2 N–H and O–H groups in total. The third-order valence-corrected chi connectivity index (χ3v) is 7.62. The van der Waals surface area contributed by atoms with Crippen LogP contribution < -0.4 is 5.32 Å². The molecule has 0 unspecified atom stereocenters. The Bertz CT molecular complexity index is 1310. The van der Waals surface area contributed by atoms with E-state index in [1.54, 1.807) is 0 Å². The van der Waals surface area contributed by atoms with Crippen LogP contribution in [0.5, 0.6) is 0 Å². The number of aliphatic hydroxyl groups is 1. The molecule has 0 saturated carbocycles. The Morgan fingerprint density at radius 3 is 2.66 bits per heavy atom. The van der Waals surface area contributed by atoms with Crippen LogP contribution in [-0.2, 0) is 11.3 Å². The van der Waals surface area contributed by atoms with Crippen molar-refractivity contribution in [3.8, 4) is 11.3 Å². The van der Waals surface area contributed by atoms with E-state index in [0.29, 0.717) is 38.2 Å². The highest BCUT2D eigenvalue weighted by Crippen LogP contribution is 2.37. The van der Waals surface area contributed by atoms with Gasteiger partial charge in [-0.05, 0) is 42.0 Å². The molecule has 0 bridgehead atoms. The molecule has 2 atom stereocenters. The first-order valence-corrected chi connectivity index (χ1v) is 13.2. The first-order chi connectivity index (χ1) is 18.1. The number of hydrogen-bond acceptors (Lipinski definition) is 7. The Hall–Kier alpha value is -2.82. The van der Waals surface area contributed by atoms with Gasteiger partial charge in [0.25, 0.3) is 5.92 Å². The molecule has 0 spiro atoms. The fourth-order valence-corrected chi connectivity index (χ4v) is 5.53. The van der Waals surface area contributed by atoms with Crippen molar-refractivity contribution < 1.29 is 23.0 Å². The Morgan fingerprint density at radius 2 is 1.95 bits per heavy atom. The number of ether oxygens (including phenoxy) is 1. The van der Waals surface area contributed by atoms with Crippen LogP contribution in [0.25, 0.3) is 22.2 Å². The largest absolute Gasteiger partial charge is 0.389 e. The molecule has 2 aromatic heterocycles. The van der Waals surface area contributed by atoms with E-state index in [9.17, 15) is 13.9 Å². The quantitative estimate of drug-likeness (QED) is 0.462. The maximum atomic E-state index is 15.1. The van der Waals surface area contributed by atoms with E-state index in [4.69, 9.17) is 4.74 Å². The van der Waals surface area contributed by atoms with Crippen molar-refractivity contribution in [1.82, 2.24) is 19.9 Å². The summed E-state index contributed by atoms with van der Waals surface area (Å²) in [7, 11) is 0. The van der Waals surface area contributed by atoms with Crippen LogP contribution in [0.4, 0.5) is 19.1 Å². The lowest BCUT2D eigenvalue weighted by Gasteiger charge is -2.32. The van der Waals surface area contributed by atoms with Gasteiger partial charge in [0, 0.05) is 56.2 Å². The highest BCUT2D eigenvalue weighted by Gasteiger charge is 2.34. The molecule has 7 nitrogen and oxygen atoms in total. The average molecular weight is 530 g/mol. The molecule has 0 amide bonds. The van der Waals surface area contributed by atoms with E-state index in [-0.39, 0.29) is 43.1 Å². The zero-order chi connectivity index (χ0) is 27.0. The number of aromatic nitrogens is 3. The van der Waals surface area contributed by atoms with Crippen LogP contribution in [0.15, 0.2) is 24.5 Å². The fourth-order valence-electron chi connectivity index (χ4n) is 5.53. The van der Waals surface area contributed by atoms with Crippen molar-refractivity contribution >= 4 is 16.9 Å². The van der Waals surface area contributed by atoms with Crippen LogP contribution in [-0.4, -0.2) is 69.3 Å². The number of nitrogens with one attached hydrogen (secondary N) is 1. The molecule has 2 aliphatic rings. The van der Waals surface area contributed by atoms with Gasteiger partial charge in [0.15, 0.2) is 5.82 Å². The normalized spacial score (nSPS) is 22.2. The monoisotopic (exact) mass is 529 g/mol. The summed E-state index contributed by atoms with van der Waals surface area (Å²) in [6.45, 7) is 8.09. The van der Waals surface area contributed by atoms with E-state index in [2.05, 4.69) is 39.0 Å². The van der Waals surface area contributed by atoms with Crippen LogP contribution in [0, 0.1) is 12.7 Å². The Morgan fingerprint density at radius 1 is 1.18 bits per heavy atom. The molecule has 0 radical (unpaired) electrons. The Balaban J connectivity index is 1.52. The van der Waals surface area contributed by atoms with E-state index in [1.807, 2.05) is 25.3 Å². The lowest BCUT2D eigenvalue weighted by atomic mass is 9.89. The Kier molecular flexibility index (Phi) is 7.57. The average Bonchev–Trinajstić information content (AvgIpc) is 2.88. The predicted molar refractivity (Wildman–Crippen MR) is 140 cm³/mol. The van der Waals surface area contributed by atoms with Gasteiger partial charge in [-0.3, -0.25) is 9.88 Å². The van der Waals surface area contributed by atoms with Gasteiger partial charge in [0.05, 0.1) is 30.5 Å². The van der Waals surface area contributed by atoms with Crippen molar-refractivity contribution in [2.24, 2.45) is 0 Å². The summed E-state index contributed by atoms with van der Waals surface area (Å²) in [6.07, 6.45) is 2.60. The van der Waals surface area contributed by atoms with Crippen LogP contribution in [0.3, 0.4) is 0 Å². The molecule has 4 heterocycles. The molecule has 38 heavy (non-hydrogen) atoms. The van der Waals surface area contributed by atoms with Gasteiger partial charge >= 0.3 is 0 Å². The summed E-state index contributed by atoms with van der Waals surface area (Å²) in [5.74, 6) is -2.76. The SMILES string of the molecule is Cc1c(-c2nc(N[C@@H]3CCOC[C@H]3O)ncc2F)ccc2ncc(CN3CCC(F)(F)CC3)c(C(C)C)c12. The molecule has 2 saturated heterocycles. The number of alkyl halides is 2. The van der Waals surface area contributed by atoms with Gasteiger partial charge in [0.2, 0.25) is 5.95 Å². The van der Waals surface area contributed by atoms with Crippen molar-refractivity contribution in [3.63, 3.8) is 0 Å². The number of piperidine rings is 1. The van der Waals surface area contributed by atoms with Gasteiger partial charge < -0.3 is 15.2 Å². The first kappa shape index (κ1) is 26.8. The molecule has 3 aromatic rings. The number of likely N-dealkylation sites (tertiary alicyclic amines) is 1. The minimum Gasteiger partial charge on any atom is -0.389 e. The van der Waals surface area contributed by atoms with Gasteiger partial charge in [-0.25, -0.2) is 23.1 Å². The molecule has 10 heteroatoms. The smallest absolute Gasteiger partial charge is 0.250 e. The van der Waals surface area contributed by atoms with Gasteiger partial charge in [0.1, 0.15) is 5.69 Å². The Labute approximate surface area is 220 Å². The number of aryl methyl sites for hydroxylation is 1. The molecule has 1 aromatic carbocycles. The van der Waals surface area contributed by atoms with Crippen molar-refractivity contribution in [1.29, 1.82) is 0 Å². The summed E-state index contributed by atoms with van der Waals surface area (Å²) in [6, 6.07) is 3.40. The molecule has 2 aliphatic heterocycles. The summed E-state index contributed by atoms with van der Waals surface area (Å²) in [4.78, 5) is 15.3. The zero-order valence-electron chi connectivity index (χ0n) is 22.0. The zero-order valence-corrected chi connectivity index (χ0v) is 22.0. The van der Waals surface area contributed by atoms with Gasteiger partial charge in [-0.1, -0.05) is 19.9 Å². The summed E-state index contributed by atoms with van der Waals surface area (Å²) < 4.78 is 47.8. The number of benzene rings is 1. The minimum atomic E-state index is -2.59. The first-order valence-electron chi connectivity index (χ1n) is 13.2.